The molecule has 1 aromatic heterocycles. The Morgan fingerprint density at radius 2 is 1.73 bits per heavy atom. The Morgan fingerprint density at radius 1 is 0.973 bits per heavy atom. The number of amides is 3. The maximum Gasteiger partial charge on any atom is 0.407 e. The Morgan fingerprint density at radius 3 is 2.47 bits per heavy atom. The number of nitrogens with one attached hydrogen (secondary N) is 3. The molecule has 3 amide bonds. The van der Waals surface area contributed by atoms with Gasteiger partial charge in [-0.15, -0.1) is 11.3 Å². The van der Waals surface area contributed by atoms with Gasteiger partial charge in [-0.05, 0) is 108 Å². The van der Waals surface area contributed by atoms with Crippen LogP contribution in [0.15, 0.2) is 121 Å². The van der Waals surface area contributed by atoms with Crippen molar-refractivity contribution in [1.82, 2.24) is 10.6 Å². The number of ketones is 2. The summed E-state index contributed by atoms with van der Waals surface area (Å²) in [6, 6.07) is 25.8. The number of Topliss-reactive ketones (excluding diaryl/α,β-unsaturated/α-hetero) is 1. The number of carbonyl (C=O) groups excluding carboxylic acids is 6. The van der Waals surface area contributed by atoms with Gasteiger partial charge in [0, 0.05) is 46.1 Å². The van der Waals surface area contributed by atoms with Crippen molar-refractivity contribution in [2.24, 2.45) is 28.6 Å². The largest absolute Gasteiger partial charge is 0.461 e. The van der Waals surface area contributed by atoms with Crippen LogP contribution in [0.3, 0.4) is 0 Å². The van der Waals surface area contributed by atoms with Crippen molar-refractivity contribution in [1.29, 1.82) is 0 Å². The van der Waals surface area contributed by atoms with Crippen molar-refractivity contribution in [3.63, 3.8) is 0 Å². The highest BCUT2D eigenvalue weighted by molar-refractivity contribution is 7.12. The smallest absolute Gasteiger partial charge is 0.407 e. The first-order chi connectivity index (χ1) is 35.6. The number of fused-ring (bicyclic) bond motifs is 10. The lowest BCUT2D eigenvalue weighted by Gasteiger charge is -2.59. The number of aliphatic hydroxyl groups excluding tert-OH is 2. The highest BCUT2D eigenvalue weighted by atomic mass is 32.1. The molecule has 74 heavy (non-hydrogen) atoms. The monoisotopic (exact) mass is 1020 g/mol. The quantitative estimate of drug-likeness (QED) is 0.0516. The second-order valence-electron chi connectivity index (χ2n) is 20.8. The number of ether oxygens (including phenoxy) is 4. The molecule has 10 rings (SSSR count). The summed E-state index contributed by atoms with van der Waals surface area (Å²) in [6.45, 7) is 6.50. The number of alkyl carbamates (subject to hydrolysis) is 1. The van der Waals surface area contributed by atoms with Crippen LogP contribution in [0, 0.1) is 28.6 Å². The van der Waals surface area contributed by atoms with E-state index in [1.807, 2.05) is 85.8 Å². The summed E-state index contributed by atoms with van der Waals surface area (Å²) in [5, 5.41) is 30.5. The predicted molar refractivity (Wildman–Crippen MR) is 275 cm³/mol. The molecule has 16 heteroatoms. The van der Waals surface area contributed by atoms with Crippen molar-refractivity contribution >= 4 is 52.5 Å². The van der Waals surface area contributed by atoms with Crippen LogP contribution in [0.1, 0.15) is 91.0 Å². The van der Waals surface area contributed by atoms with Gasteiger partial charge in [0.05, 0.1) is 17.1 Å². The van der Waals surface area contributed by atoms with Crippen LogP contribution in [0.2, 0.25) is 0 Å². The standard InChI is InChI=1S/C58H61N3O12S/c1-4-24-70-51(67)21-19-45(61-50(66)30-59-55(69)71-32-43-40-14-7-5-12-38(40)39-13-6-8-15-41(39)43)53(68)60-35-11-9-10-33(25-35)26-37-17-20-47(74-37)54-72-49-28-44-42-18-16-34-27-36(63)22-23-56(34,2)52(42)46(64)29-57(44,3)58(49,73-54)48(65)31-62/h4-15,17,20,22-23,25,27,42-46,49,52,54,62,64H,1,16,18-19,21,24,26,28-32H2,2-3H3,(H,59,69)(H,60,68)(H,61,66)/t42-,44-,45-,46-,49+,52+,54+,56-,57-,58+/m0/s1. The molecule has 2 heterocycles. The third-order valence-electron chi connectivity index (χ3n) is 16.7. The Hall–Kier alpha value is -6.56. The van der Waals surface area contributed by atoms with Crippen LogP contribution in [0.5, 0.6) is 0 Å². The first kappa shape index (κ1) is 50.9. The molecular weight excluding hydrogens is 963 g/mol. The minimum atomic E-state index is -1.47. The lowest BCUT2D eigenvalue weighted by Crippen LogP contribution is -2.63. The second-order valence-corrected chi connectivity index (χ2v) is 22.0. The lowest BCUT2D eigenvalue weighted by molar-refractivity contribution is -0.200. The number of hydrogen-bond donors (Lipinski definition) is 5. The van der Waals surface area contributed by atoms with E-state index in [2.05, 4.69) is 29.5 Å². The molecule has 4 fully saturated rings. The third kappa shape index (κ3) is 9.25. The second kappa shape index (κ2) is 20.6. The summed E-state index contributed by atoms with van der Waals surface area (Å²) in [7, 11) is 0. The average molecular weight is 1020 g/mol. The molecule has 0 bridgehead atoms. The Balaban J connectivity index is 0.768. The molecule has 386 valence electrons. The Bertz CT molecular complexity index is 2920. The SMILES string of the molecule is C=CCOC(=O)CC[C@H](NC(=O)CNC(=O)OCC1c2ccccc2-c2ccccc21)C(=O)Nc1cccc(Cc2ccc([C@@H]3O[C@@H]4C[C@H]5[C@@H]6CCC7=CC(=O)C=C[C@]7(C)[C@H]6[C@@H](O)C[C@]5(C)[C@]4(C(=O)CO)O3)s2)c1. The first-order valence-electron chi connectivity index (χ1n) is 25.4. The number of anilines is 1. The van der Waals surface area contributed by atoms with Crippen LogP contribution in [-0.4, -0.2) is 95.9 Å². The van der Waals surface area contributed by atoms with Gasteiger partial charge in [0.25, 0.3) is 0 Å². The van der Waals surface area contributed by atoms with Crippen molar-refractivity contribution < 1.29 is 57.9 Å². The van der Waals surface area contributed by atoms with Crippen LogP contribution in [-0.2, 0) is 49.3 Å². The van der Waals surface area contributed by atoms with Gasteiger partial charge in [0.15, 0.2) is 23.5 Å². The molecule has 3 aromatic carbocycles. The van der Waals surface area contributed by atoms with Gasteiger partial charge < -0.3 is 45.1 Å². The molecule has 6 aliphatic rings. The highest BCUT2D eigenvalue weighted by Crippen LogP contribution is 2.70. The fourth-order valence-electron chi connectivity index (χ4n) is 13.4. The minimum absolute atomic E-state index is 0.00933. The number of carbonyl (C=O) groups is 6. The molecule has 0 radical (unpaired) electrons. The van der Waals surface area contributed by atoms with E-state index in [1.54, 1.807) is 24.3 Å². The first-order valence-corrected chi connectivity index (χ1v) is 26.2. The highest BCUT2D eigenvalue weighted by Gasteiger charge is 2.76. The van der Waals surface area contributed by atoms with Crippen molar-refractivity contribution in [2.75, 3.05) is 31.7 Å². The molecule has 1 saturated heterocycles. The van der Waals surface area contributed by atoms with Crippen LogP contribution >= 0.6 is 11.3 Å². The zero-order valence-electron chi connectivity index (χ0n) is 41.4. The number of allylic oxidation sites excluding steroid dienone is 4. The van der Waals surface area contributed by atoms with E-state index in [9.17, 15) is 39.0 Å². The number of aliphatic hydroxyl groups is 2. The van der Waals surface area contributed by atoms with E-state index in [0.717, 1.165) is 56.0 Å². The van der Waals surface area contributed by atoms with Gasteiger partial charge in [0.1, 0.15) is 32.4 Å². The normalized spacial score (nSPS) is 28.5. The van der Waals surface area contributed by atoms with Crippen LogP contribution < -0.4 is 16.0 Å². The van der Waals surface area contributed by atoms with E-state index in [1.165, 1.54) is 17.4 Å². The molecular formula is C58H61N3O12S. The van der Waals surface area contributed by atoms with Crippen molar-refractivity contribution in [3.8, 4) is 11.1 Å². The van der Waals surface area contributed by atoms with Gasteiger partial charge in [-0.3, -0.25) is 24.0 Å². The van der Waals surface area contributed by atoms with Crippen LogP contribution in [0.4, 0.5) is 10.5 Å². The molecule has 1 aliphatic heterocycles. The summed E-state index contributed by atoms with van der Waals surface area (Å²) in [4.78, 5) is 80.5. The third-order valence-corrected chi connectivity index (χ3v) is 17.8. The zero-order chi connectivity index (χ0) is 51.9. The average Bonchev–Trinajstić information content (AvgIpc) is 4.16. The topological polar surface area (TPSA) is 216 Å². The number of rotatable bonds is 17. The summed E-state index contributed by atoms with van der Waals surface area (Å²) >= 11 is 1.46. The maximum atomic E-state index is 14.1. The number of esters is 1. The predicted octanol–water partition coefficient (Wildman–Crippen LogP) is 7.41. The van der Waals surface area contributed by atoms with Crippen LogP contribution in [0.25, 0.3) is 11.1 Å². The number of benzene rings is 3. The molecule has 5 N–H and O–H groups in total. The summed E-state index contributed by atoms with van der Waals surface area (Å²) in [5.74, 6) is -2.64. The maximum absolute atomic E-state index is 14.1. The summed E-state index contributed by atoms with van der Waals surface area (Å²) in [5.41, 5.74) is 3.80. The van der Waals surface area contributed by atoms with Crippen molar-refractivity contribution in [2.45, 2.75) is 94.9 Å². The fourth-order valence-corrected chi connectivity index (χ4v) is 14.4. The Kier molecular flexibility index (Phi) is 14.2. The van der Waals surface area contributed by atoms with E-state index < -0.39 is 83.8 Å². The molecule has 5 aliphatic carbocycles. The molecule has 4 aromatic rings. The van der Waals surface area contributed by atoms with Gasteiger partial charge in [0.2, 0.25) is 11.8 Å². The number of thiophene rings is 1. The Labute approximate surface area is 433 Å². The van der Waals surface area contributed by atoms with Gasteiger partial charge in [-0.1, -0.05) is 98.8 Å². The van der Waals surface area contributed by atoms with E-state index in [0.29, 0.717) is 18.5 Å². The van der Waals surface area contributed by atoms with E-state index in [-0.39, 0.29) is 61.9 Å². The van der Waals surface area contributed by atoms with E-state index >= 15 is 0 Å². The molecule has 0 unspecified atom stereocenters. The van der Waals surface area contributed by atoms with Gasteiger partial charge in [-0.2, -0.15) is 0 Å². The molecule has 0 spiro atoms. The summed E-state index contributed by atoms with van der Waals surface area (Å²) in [6.07, 6.45) is 6.07. The molecule has 10 atom stereocenters. The van der Waals surface area contributed by atoms with Crippen molar-refractivity contribution in [3.05, 3.63) is 148 Å². The molecule has 3 saturated carbocycles. The zero-order valence-corrected chi connectivity index (χ0v) is 42.2. The van der Waals surface area contributed by atoms with Gasteiger partial charge in [-0.25, -0.2) is 4.79 Å². The fraction of sp³-hybridized carbons (Fsp3) is 0.414. The van der Waals surface area contributed by atoms with Gasteiger partial charge >= 0.3 is 12.1 Å². The lowest BCUT2D eigenvalue weighted by atomic mass is 9.46. The minimum Gasteiger partial charge on any atom is -0.461 e. The number of hydrogen-bond acceptors (Lipinski definition) is 13. The molecule has 15 nitrogen and oxygen atoms in total. The van der Waals surface area contributed by atoms with E-state index in [4.69, 9.17) is 18.9 Å². The summed E-state index contributed by atoms with van der Waals surface area (Å²) < 4.78 is 24.2.